The van der Waals surface area contributed by atoms with Gasteiger partial charge >= 0.3 is 18.0 Å². The Morgan fingerprint density at radius 2 is 1.49 bits per heavy atom. The lowest BCUT2D eigenvalue weighted by atomic mass is 9.74. The number of alkyl carbamates (subject to hydrolysis) is 1. The van der Waals surface area contributed by atoms with Gasteiger partial charge in [-0.25, -0.2) is 4.79 Å². The predicted molar refractivity (Wildman–Crippen MR) is 290 cm³/mol. The number of nitrogens with zero attached hydrogens (tertiary/aromatic N) is 2. The van der Waals surface area contributed by atoms with Crippen molar-refractivity contribution in [1.29, 1.82) is 0 Å². The van der Waals surface area contributed by atoms with E-state index in [2.05, 4.69) is 22.3 Å². The summed E-state index contributed by atoms with van der Waals surface area (Å²) in [5.41, 5.74) is -0.873. The van der Waals surface area contributed by atoms with Crippen LogP contribution >= 0.6 is 0 Å². The first-order chi connectivity index (χ1) is 37.2. The number of likely N-dealkylation sites (N-methyl/N-ethyl adjacent to an activating group) is 1. The summed E-state index contributed by atoms with van der Waals surface area (Å²) in [6, 6.07) is 9.25. The number of oxime groups is 1. The largest absolute Gasteiger partial charge is 0.461 e. The van der Waals surface area contributed by atoms with E-state index in [1.807, 2.05) is 78.9 Å². The van der Waals surface area contributed by atoms with Crippen LogP contribution in [-0.2, 0) is 77.9 Å². The molecule has 1 aromatic rings. The molecule has 0 radical (unpaired) electrons. The van der Waals surface area contributed by atoms with Crippen LogP contribution < -0.4 is 5.32 Å². The van der Waals surface area contributed by atoms with Gasteiger partial charge in [0.25, 0.3) is 0 Å². The summed E-state index contributed by atoms with van der Waals surface area (Å²) in [5.74, 6) is -7.37. The number of aliphatic hydroxyl groups excluding tert-OH is 2. The Balaban J connectivity index is 1.70. The molecule has 0 aliphatic carbocycles. The number of aliphatic hydroxyl groups is 2. The van der Waals surface area contributed by atoms with Gasteiger partial charge in [0.15, 0.2) is 30.3 Å². The van der Waals surface area contributed by atoms with E-state index < -0.39 is 145 Å². The number of cyclic esters (lactones) is 1. The molecule has 1 aromatic carbocycles. The van der Waals surface area contributed by atoms with Gasteiger partial charge in [-0.2, -0.15) is 0 Å². The second-order valence-electron chi connectivity index (χ2n) is 23.5. The van der Waals surface area contributed by atoms with Crippen molar-refractivity contribution in [2.45, 2.75) is 220 Å². The van der Waals surface area contributed by atoms with Crippen LogP contribution in [0.5, 0.6) is 0 Å². The highest BCUT2D eigenvalue weighted by molar-refractivity contribution is 5.91. The lowest BCUT2D eigenvalue weighted by Crippen LogP contribution is -2.59. The molecule has 5 rings (SSSR count). The fourth-order valence-electron chi connectivity index (χ4n) is 11.8. The molecule has 0 spiro atoms. The van der Waals surface area contributed by atoms with Gasteiger partial charge in [-0.3, -0.25) is 14.4 Å². The second kappa shape index (κ2) is 29.9. The number of Topliss-reactive ketones (excluding diaryl/α,β-unsaturated/α-hetero) is 1. The van der Waals surface area contributed by atoms with Crippen LogP contribution in [0.1, 0.15) is 121 Å². The van der Waals surface area contributed by atoms with Crippen LogP contribution in [0, 0.1) is 41.4 Å². The summed E-state index contributed by atoms with van der Waals surface area (Å²) in [7, 11) is 6.31. The van der Waals surface area contributed by atoms with Gasteiger partial charge in [-0.15, -0.1) is 0 Å². The second-order valence-corrected chi connectivity index (χ2v) is 23.5. The summed E-state index contributed by atoms with van der Waals surface area (Å²) in [6.07, 6.45) is -13.5. The van der Waals surface area contributed by atoms with E-state index in [1.165, 1.54) is 28.3 Å². The number of ether oxygens (including phenoxy) is 11. The average molecular weight is 1120 g/mol. The van der Waals surface area contributed by atoms with E-state index in [0.29, 0.717) is 13.0 Å². The van der Waals surface area contributed by atoms with Crippen LogP contribution in [0.3, 0.4) is 0 Å². The molecule has 22 atom stereocenters. The molecular weight excluding hydrogens is 1030 g/mol. The van der Waals surface area contributed by atoms with Crippen molar-refractivity contribution in [3.63, 3.8) is 0 Å². The summed E-state index contributed by atoms with van der Waals surface area (Å²) in [4.78, 5) is 66.7. The molecule has 4 aliphatic heterocycles. The highest BCUT2D eigenvalue weighted by Gasteiger charge is 2.53. The van der Waals surface area contributed by atoms with Gasteiger partial charge in [0, 0.05) is 70.4 Å². The zero-order chi connectivity index (χ0) is 58.6. The number of amides is 1. The fraction of sp³-hybridized carbons (Fsp3) is 0.810. The standard InChI is InChI=1S/C58H95N3O18/c1-30(2)23-43(62)75-49-37(9)48(32(4)29-71-56-52(69-16)51(68-15)45(63)40(12)74-56)77-54(66)39(11)50(76-44-24-33(5)61(14)28-35(7)72-44)36(8)47(78-55-46(64)42(60-70-17)25-34(6)73-55)31(3)26-58(13,53(65)38(49)10)79-57(67)59-27-41-21-19-18-20-22-41/h18-22,30-40,44-52,55-56,63-64H,23-29H2,1-17H3,(H,59,67)/t31-,32-,33+,34+,35-,36+,37-,38+,39+,40+,44-,45+,46+,47-,48+,49+,50-,51+,52+,55-,56+,58-/m0/s1. The number of benzene rings is 1. The quantitative estimate of drug-likeness (QED) is 0.0892. The summed E-state index contributed by atoms with van der Waals surface area (Å²) >= 11 is 0. The van der Waals surface area contributed by atoms with Crippen molar-refractivity contribution in [2.75, 3.05) is 41.5 Å². The number of esters is 2. The molecule has 3 N–H and O–H groups in total. The van der Waals surface area contributed by atoms with Crippen LogP contribution in [0.2, 0.25) is 0 Å². The van der Waals surface area contributed by atoms with Crippen LogP contribution in [-0.4, -0.2) is 184 Å². The van der Waals surface area contributed by atoms with E-state index in [9.17, 15) is 19.8 Å². The van der Waals surface area contributed by atoms with Crippen LogP contribution in [0.15, 0.2) is 35.5 Å². The summed E-state index contributed by atoms with van der Waals surface area (Å²) in [6.45, 7) is 24.0. The highest BCUT2D eigenvalue weighted by Crippen LogP contribution is 2.40. The Labute approximate surface area is 468 Å². The predicted octanol–water partition coefficient (Wildman–Crippen LogP) is 6.21. The SMILES string of the molecule is CON=C1C[C@@H](C)O[C@@H](O[C@@H]2[C@@H](C)[C@H](O[C@H]3C[C@@H](C)N(C)C[C@H](C)O3)[C@@H](C)C(=O)O[C@H]([C@@H](C)CO[C@@H]3O[C@H](C)[C@@H](O)[C@@H](OC)[C@H]3OC)[C@H](C)[C@@H](OC(=O)CC(C)C)[C@@H](C)C(=O)[C@@](C)(OC(=O)NCc3ccccc3)C[C@@H]2C)[C@@H]1O. The van der Waals surface area contributed by atoms with Crippen molar-refractivity contribution < 1.29 is 86.3 Å². The van der Waals surface area contributed by atoms with Gasteiger partial charge in [0.05, 0.1) is 54.7 Å². The first-order valence-electron chi connectivity index (χ1n) is 28.3. The summed E-state index contributed by atoms with van der Waals surface area (Å²) < 4.78 is 70.4. The molecule has 4 fully saturated rings. The van der Waals surface area contributed by atoms with Crippen molar-refractivity contribution in [2.24, 2.45) is 46.6 Å². The topological polar surface area (TPSA) is 247 Å². The Bertz CT molecular complexity index is 2120. The third-order valence-electron chi connectivity index (χ3n) is 16.2. The minimum Gasteiger partial charge on any atom is -0.461 e. The maximum absolute atomic E-state index is 15.8. The Hall–Kier alpha value is -3.87. The number of rotatable bonds is 17. The maximum Gasteiger partial charge on any atom is 0.408 e. The first kappa shape index (κ1) is 65.9. The fourth-order valence-corrected chi connectivity index (χ4v) is 11.8. The zero-order valence-electron chi connectivity index (χ0n) is 49.9. The molecular formula is C58H95N3O18. The van der Waals surface area contributed by atoms with E-state index in [0.717, 1.165) is 5.56 Å². The minimum atomic E-state index is -1.95. The minimum absolute atomic E-state index is 0.00973. The molecule has 21 heteroatoms. The number of hydrogen-bond acceptors (Lipinski definition) is 20. The van der Waals surface area contributed by atoms with Gasteiger partial charge in [0.2, 0.25) is 0 Å². The molecule has 79 heavy (non-hydrogen) atoms. The van der Waals surface area contributed by atoms with Gasteiger partial charge in [-0.05, 0) is 72.4 Å². The number of carbonyl (C=O) groups is 4. The van der Waals surface area contributed by atoms with Gasteiger partial charge in [0.1, 0.15) is 43.7 Å². The Morgan fingerprint density at radius 3 is 2.13 bits per heavy atom. The molecule has 0 bridgehead atoms. The molecule has 0 aromatic heterocycles. The van der Waals surface area contributed by atoms with Crippen molar-refractivity contribution in [3.8, 4) is 0 Å². The average Bonchev–Trinajstić information content (AvgIpc) is 3.55. The third kappa shape index (κ3) is 17.3. The third-order valence-corrected chi connectivity index (χ3v) is 16.2. The molecule has 0 saturated carbocycles. The molecule has 0 unspecified atom stereocenters. The monoisotopic (exact) mass is 1120 g/mol. The molecule has 4 saturated heterocycles. The lowest BCUT2D eigenvalue weighted by molar-refractivity contribution is -0.305. The molecule has 21 nitrogen and oxygen atoms in total. The van der Waals surface area contributed by atoms with Crippen LogP contribution in [0.25, 0.3) is 0 Å². The number of nitrogens with one attached hydrogen (secondary N) is 1. The normalized spacial score (nSPS) is 39.5. The zero-order valence-corrected chi connectivity index (χ0v) is 49.9. The van der Waals surface area contributed by atoms with Crippen molar-refractivity contribution >= 4 is 29.5 Å². The van der Waals surface area contributed by atoms with E-state index in [4.69, 9.17) is 56.9 Å². The first-order valence-corrected chi connectivity index (χ1v) is 28.3. The Kier molecular flexibility index (Phi) is 25.0. The number of hydrogen-bond donors (Lipinski definition) is 3. The van der Waals surface area contributed by atoms with E-state index in [-0.39, 0.29) is 56.2 Å². The molecule has 4 heterocycles. The van der Waals surface area contributed by atoms with Gasteiger partial charge in [-0.1, -0.05) is 84.0 Å². The Morgan fingerprint density at radius 1 is 0.823 bits per heavy atom. The number of carbonyl (C=O) groups excluding carboxylic acids is 4. The number of methoxy groups -OCH3 is 2. The van der Waals surface area contributed by atoms with E-state index >= 15 is 9.59 Å². The maximum atomic E-state index is 15.8. The lowest BCUT2D eigenvalue weighted by Gasteiger charge is -2.45. The highest BCUT2D eigenvalue weighted by atomic mass is 16.7. The summed E-state index contributed by atoms with van der Waals surface area (Å²) in [5, 5.41) is 29.7. The molecule has 1 amide bonds. The van der Waals surface area contributed by atoms with Crippen LogP contribution in [0.4, 0.5) is 4.79 Å². The molecule has 4 aliphatic rings. The van der Waals surface area contributed by atoms with E-state index in [1.54, 1.807) is 34.6 Å². The molecule has 450 valence electrons. The smallest absolute Gasteiger partial charge is 0.408 e. The van der Waals surface area contributed by atoms with Crippen molar-refractivity contribution in [3.05, 3.63) is 35.9 Å². The van der Waals surface area contributed by atoms with Crippen molar-refractivity contribution in [1.82, 2.24) is 10.2 Å². The number of ketones is 1. The van der Waals surface area contributed by atoms with Gasteiger partial charge < -0.3 is 77.4 Å².